The lowest BCUT2D eigenvalue weighted by atomic mass is 10.3. The maximum absolute atomic E-state index is 10.6. The third-order valence-electron chi connectivity index (χ3n) is 1.24. The summed E-state index contributed by atoms with van der Waals surface area (Å²) in [5, 5.41) is 2.82. The molecule has 10 heavy (non-hydrogen) atoms. The van der Waals surface area contributed by atoms with Crippen molar-refractivity contribution >= 4 is 5.91 Å². The average Bonchev–Trinajstić information content (AvgIpc) is 1.81. The van der Waals surface area contributed by atoms with Crippen LogP contribution in [-0.4, -0.2) is 44.5 Å². The van der Waals surface area contributed by atoms with Crippen LogP contribution in [0.5, 0.6) is 0 Å². The Bertz CT molecular complexity index is 114. The van der Waals surface area contributed by atoms with Gasteiger partial charge >= 0.3 is 0 Å². The van der Waals surface area contributed by atoms with Crippen molar-refractivity contribution in [3.63, 3.8) is 0 Å². The topological polar surface area (TPSA) is 58.4 Å². The Morgan fingerprint density at radius 2 is 2.20 bits per heavy atom. The lowest BCUT2D eigenvalue weighted by Crippen LogP contribution is -2.45. The zero-order valence-electron chi connectivity index (χ0n) is 6.72. The molecule has 0 bridgehead atoms. The summed E-state index contributed by atoms with van der Waals surface area (Å²) in [6.45, 7) is 0.645. The summed E-state index contributed by atoms with van der Waals surface area (Å²) in [5.41, 5.74) is 5.07. The van der Waals surface area contributed by atoms with Crippen molar-refractivity contribution in [2.75, 3.05) is 27.7 Å². The molecule has 0 fully saturated rings. The van der Waals surface area contributed by atoms with Crippen molar-refractivity contribution in [2.24, 2.45) is 5.73 Å². The monoisotopic (exact) mass is 145 g/mol. The molecular formula is C6H15N3O. The van der Waals surface area contributed by atoms with Crippen molar-refractivity contribution in [2.45, 2.75) is 6.04 Å². The molecule has 1 amide bonds. The summed E-state index contributed by atoms with van der Waals surface area (Å²) in [5.74, 6) is -0.309. The minimum Gasteiger partial charge on any atom is -0.368 e. The molecule has 0 aromatic carbocycles. The summed E-state index contributed by atoms with van der Waals surface area (Å²) in [7, 11) is 5.51. The first kappa shape index (κ1) is 9.39. The van der Waals surface area contributed by atoms with Gasteiger partial charge in [0, 0.05) is 6.54 Å². The van der Waals surface area contributed by atoms with Crippen molar-refractivity contribution < 1.29 is 4.79 Å². The first-order valence-electron chi connectivity index (χ1n) is 3.19. The molecule has 1 unspecified atom stereocenters. The minimum absolute atomic E-state index is 0.241. The number of nitrogens with one attached hydrogen (secondary N) is 1. The Kier molecular flexibility index (Phi) is 3.99. The van der Waals surface area contributed by atoms with Gasteiger partial charge in [0.05, 0.1) is 6.04 Å². The lowest BCUT2D eigenvalue weighted by molar-refractivity contribution is -0.120. The van der Waals surface area contributed by atoms with Gasteiger partial charge in [-0.2, -0.15) is 0 Å². The fourth-order valence-electron chi connectivity index (χ4n) is 0.689. The highest BCUT2D eigenvalue weighted by Gasteiger charge is 2.12. The molecule has 0 radical (unpaired) electrons. The normalized spacial score (nSPS) is 13.6. The summed E-state index contributed by atoms with van der Waals surface area (Å²) in [4.78, 5) is 12.5. The quantitative estimate of drug-likeness (QED) is 0.512. The van der Waals surface area contributed by atoms with E-state index in [-0.39, 0.29) is 11.9 Å². The average molecular weight is 145 g/mol. The summed E-state index contributed by atoms with van der Waals surface area (Å²) in [6, 6.07) is -0.241. The van der Waals surface area contributed by atoms with Gasteiger partial charge in [0.15, 0.2) is 0 Å². The second-order valence-corrected chi connectivity index (χ2v) is 2.51. The molecule has 0 rings (SSSR count). The van der Waals surface area contributed by atoms with Crippen molar-refractivity contribution in [3.8, 4) is 0 Å². The molecule has 0 aromatic heterocycles. The first-order chi connectivity index (χ1) is 4.57. The minimum atomic E-state index is -0.309. The van der Waals surface area contributed by atoms with Gasteiger partial charge in [-0.25, -0.2) is 0 Å². The van der Waals surface area contributed by atoms with Crippen LogP contribution in [-0.2, 0) is 4.79 Å². The van der Waals surface area contributed by atoms with Gasteiger partial charge in [0.1, 0.15) is 0 Å². The zero-order chi connectivity index (χ0) is 8.15. The molecule has 60 valence electrons. The predicted octanol–water partition coefficient (Wildman–Crippen LogP) is -1.38. The maximum Gasteiger partial charge on any atom is 0.235 e. The zero-order valence-corrected chi connectivity index (χ0v) is 6.72. The summed E-state index contributed by atoms with van der Waals surface area (Å²) in [6.07, 6.45) is 0. The summed E-state index contributed by atoms with van der Waals surface area (Å²) < 4.78 is 0. The Morgan fingerprint density at radius 3 is 2.30 bits per heavy atom. The number of nitrogens with two attached hydrogens (primary N) is 1. The Labute approximate surface area is 61.4 Å². The van der Waals surface area contributed by atoms with Gasteiger partial charge in [0.2, 0.25) is 5.91 Å². The fourth-order valence-corrected chi connectivity index (χ4v) is 0.689. The maximum atomic E-state index is 10.6. The van der Waals surface area contributed by atoms with Crippen LogP contribution in [0.4, 0.5) is 0 Å². The van der Waals surface area contributed by atoms with Gasteiger partial charge in [-0.15, -0.1) is 0 Å². The summed E-state index contributed by atoms with van der Waals surface area (Å²) >= 11 is 0. The van der Waals surface area contributed by atoms with Crippen LogP contribution in [0.3, 0.4) is 0 Å². The molecule has 0 aromatic rings. The highest BCUT2D eigenvalue weighted by atomic mass is 16.1. The largest absolute Gasteiger partial charge is 0.368 e. The SMILES string of the molecule is CNC(CN(C)C)C(N)=O. The smallest absolute Gasteiger partial charge is 0.235 e. The number of hydrogen-bond donors (Lipinski definition) is 2. The Hall–Kier alpha value is -0.610. The number of nitrogens with zero attached hydrogens (tertiary/aromatic N) is 1. The molecule has 0 spiro atoms. The van der Waals surface area contributed by atoms with Crippen LogP contribution in [0.1, 0.15) is 0 Å². The van der Waals surface area contributed by atoms with Crippen LogP contribution in [0.15, 0.2) is 0 Å². The molecule has 4 heteroatoms. The molecule has 0 aliphatic heterocycles. The predicted molar refractivity (Wildman–Crippen MR) is 40.6 cm³/mol. The van der Waals surface area contributed by atoms with E-state index >= 15 is 0 Å². The van der Waals surface area contributed by atoms with E-state index in [2.05, 4.69) is 5.32 Å². The van der Waals surface area contributed by atoms with Gasteiger partial charge < -0.3 is 16.0 Å². The van der Waals surface area contributed by atoms with E-state index in [1.807, 2.05) is 19.0 Å². The number of carbonyl (C=O) groups excluding carboxylic acids is 1. The molecule has 1 atom stereocenters. The fraction of sp³-hybridized carbons (Fsp3) is 0.833. The standard InChI is InChI=1S/C6H15N3O/c1-8-5(6(7)10)4-9(2)3/h5,8H,4H2,1-3H3,(H2,7,10). The number of rotatable bonds is 4. The Balaban J connectivity index is 3.72. The van der Waals surface area contributed by atoms with E-state index in [9.17, 15) is 4.79 Å². The van der Waals surface area contributed by atoms with E-state index in [0.717, 1.165) is 0 Å². The Morgan fingerprint density at radius 1 is 1.70 bits per heavy atom. The van der Waals surface area contributed by atoms with Crippen molar-refractivity contribution in [1.82, 2.24) is 10.2 Å². The van der Waals surface area contributed by atoms with Crippen LogP contribution >= 0.6 is 0 Å². The number of amides is 1. The van der Waals surface area contributed by atoms with Crippen LogP contribution in [0.2, 0.25) is 0 Å². The lowest BCUT2D eigenvalue weighted by Gasteiger charge is -2.16. The van der Waals surface area contributed by atoms with Crippen molar-refractivity contribution in [3.05, 3.63) is 0 Å². The molecule has 3 N–H and O–H groups in total. The molecule has 0 saturated heterocycles. The van der Waals surface area contributed by atoms with Gasteiger partial charge in [0.25, 0.3) is 0 Å². The second kappa shape index (κ2) is 4.24. The number of hydrogen-bond acceptors (Lipinski definition) is 3. The highest BCUT2D eigenvalue weighted by Crippen LogP contribution is 1.83. The third-order valence-corrected chi connectivity index (χ3v) is 1.24. The number of primary amides is 1. The van der Waals surface area contributed by atoms with E-state index in [1.165, 1.54) is 0 Å². The number of likely N-dealkylation sites (N-methyl/N-ethyl adjacent to an activating group) is 2. The van der Waals surface area contributed by atoms with Gasteiger partial charge in [-0.1, -0.05) is 0 Å². The molecular weight excluding hydrogens is 130 g/mol. The molecule has 0 aliphatic rings. The van der Waals surface area contributed by atoms with E-state index in [1.54, 1.807) is 7.05 Å². The second-order valence-electron chi connectivity index (χ2n) is 2.51. The van der Waals surface area contributed by atoms with E-state index in [4.69, 9.17) is 5.73 Å². The highest BCUT2D eigenvalue weighted by molar-refractivity contribution is 5.80. The van der Waals surface area contributed by atoms with Gasteiger partial charge in [-0.05, 0) is 21.1 Å². The molecule has 0 aliphatic carbocycles. The van der Waals surface area contributed by atoms with Crippen LogP contribution < -0.4 is 11.1 Å². The van der Waals surface area contributed by atoms with Gasteiger partial charge in [-0.3, -0.25) is 4.79 Å². The molecule has 0 heterocycles. The van der Waals surface area contributed by atoms with Crippen LogP contribution in [0, 0.1) is 0 Å². The van der Waals surface area contributed by atoms with E-state index < -0.39 is 0 Å². The molecule has 0 saturated carbocycles. The molecule has 4 nitrogen and oxygen atoms in total. The van der Waals surface area contributed by atoms with Crippen LogP contribution in [0.25, 0.3) is 0 Å². The first-order valence-corrected chi connectivity index (χ1v) is 3.19. The number of carbonyl (C=O) groups is 1. The van der Waals surface area contributed by atoms with E-state index in [0.29, 0.717) is 6.54 Å². The third kappa shape index (κ3) is 3.42. The van der Waals surface area contributed by atoms with Crippen molar-refractivity contribution in [1.29, 1.82) is 0 Å².